The first-order chi connectivity index (χ1) is 11.6. The van der Waals surface area contributed by atoms with E-state index in [4.69, 9.17) is 0 Å². The Morgan fingerprint density at radius 1 is 1.38 bits per heavy atom. The van der Waals surface area contributed by atoms with Crippen molar-refractivity contribution in [3.63, 3.8) is 0 Å². The van der Waals surface area contributed by atoms with Gasteiger partial charge in [-0.25, -0.2) is 4.68 Å². The molecule has 1 amide bonds. The summed E-state index contributed by atoms with van der Waals surface area (Å²) in [5.41, 5.74) is 1.61. The second-order valence-corrected chi connectivity index (χ2v) is 7.37. The van der Waals surface area contributed by atoms with E-state index in [0.717, 1.165) is 35.7 Å². The molecule has 1 aliphatic heterocycles. The minimum absolute atomic E-state index is 0.0201. The molecule has 1 unspecified atom stereocenters. The number of aromatic nitrogens is 2. The summed E-state index contributed by atoms with van der Waals surface area (Å²) in [4.78, 5) is 14.7. The summed E-state index contributed by atoms with van der Waals surface area (Å²) in [5.74, 6) is 0.748. The highest BCUT2D eigenvalue weighted by Crippen LogP contribution is 2.15. The molecule has 1 aromatic heterocycles. The maximum Gasteiger partial charge on any atom is 0.251 e. The van der Waals surface area contributed by atoms with Crippen LogP contribution in [0.3, 0.4) is 0 Å². The van der Waals surface area contributed by atoms with Crippen LogP contribution in [0.15, 0.2) is 41.1 Å². The number of likely N-dealkylation sites (tertiary alicyclic amines) is 1. The summed E-state index contributed by atoms with van der Waals surface area (Å²) in [6.45, 7) is 6.21. The highest BCUT2D eigenvalue weighted by Gasteiger charge is 2.16. The molecule has 128 valence electrons. The molecule has 1 saturated heterocycles. The lowest BCUT2D eigenvalue weighted by molar-refractivity contribution is 0.0944. The zero-order chi connectivity index (χ0) is 16.9. The van der Waals surface area contributed by atoms with Crippen LogP contribution in [0, 0.1) is 5.92 Å². The van der Waals surface area contributed by atoms with Gasteiger partial charge in [-0.2, -0.15) is 5.10 Å². The molecule has 6 heteroatoms. The van der Waals surface area contributed by atoms with Crippen LogP contribution in [-0.2, 0) is 0 Å². The molecule has 0 radical (unpaired) electrons. The normalized spacial score (nSPS) is 18.5. The summed E-state index contributed by atoms with van der Waals surface area (Å²) < 4.78 is 2.69. The van der Waals surface area contributed by atoms with Crippen LogP contribution in [0.5, 0.6) is 0 Å². The average molecular weight is 391 g/mol. The van der Waals surface area contributed by atoms with Crippen molar-refractivity contribution in [3.8, 4) is 5.69 Å². The number of rotatable bonds is 5. The number of hydrogen-bond donors (Lipinski definition) is 1. The van der Waals surface area contributed by atoms with Gasteiger partial charge in [0, 0.05) is 31.4 Å². The van der Waals surface area contributed by atoms with E-state index in [-0.39, 0.29) is 5.91 Å². The molecule has 1 N–H and O–H groups in total. The Balaban J connectivity index is 1.50. The van der Waals surface area contributed by atoms with Gasteiger partial charge >= 0.3 is 0 Å². The van der Waals surface area contributed by atoms with Crippen molar-refractivity contribution >= 4 is 21.8 Å². The zero-order valence-electron chi connectivity index (χ0n) is 13.9. The van der Waals surface area contributed by atoms with Crippen LogP contribution in [0.2, 0.25) is 0 Å². The summed E-state index contributed by atoms with van der Waals surface area (Å²) in [5, 5.41) is 7.25. The van der Waals surface area contributed by atoms with Gasteiger partial charge in [0.25, 0.3) is 5.91 Å². The standard InChI is InChI=1S/C18H23BrN4O/c1-14-3-2-9-22(12-14)10-8-20-18(24)15-4-6-17(7-5-15)23-13-16(19)11-21-23/h4-7,11,13-14H,2-3,8-10,12H2,1H3,(H,20,24). The Morgan fingerprint density at radius 2 is 2.17 bits per heavy atom. The molecule has 0 spiro atoms. The van der Waals surface area contributed by atoms with Crippen molar-refractivity contribution < 1.29 is 4.79 Å². The van der Waals surface area contributed by atoms with Crippen LogP contribution < -0.4 is 5.32 Å². The van der Waals surface area contributed by atoms with Gasteiger partial charge in [-0.05, 0) is 65.5 Å². The summed E-state index contributed by atoms with van der Waals surface area (Å²) in [6, 6.07) is 7.48. The third-order valence-electron chi connectivity index (χ3n) is 4.40. The number of nitrogens with zero attached hydrogens (tertiary/aromatic N) is 3. The lowest BCUT2D eigenvalue weighted by Crippen LogP contribution is -2.40. The minimum atomic E-state index is -0.0201. The first-order valence-electron chi connectivity index (χ1n) is 8.43. The molecule has 3 rings (SSSR count). The summed E-state index contributed by atoms with van der Waals surface area (Å²) >= 11 is 3.38. The number of carbonyl (C=O) groups is 1. The van der Waals surface area contributed by atoms with Crippen molar-refractivity contribution in [2.24, 2.45) is 5.92 Å². The molecule has 0 saturated carbocycles. The Kier molecular flexibility index (Phi) is 5.68. The molecule has 5 nitrogen and oxygen atoms in total. The fraction of sp³-hybridized carbons (Fsp3) is 0.444. The first-order valence-corrected chi connectivity index (χ1v) is 9.22. The van der Waals surface area contributed by atoms with Gasteiger partial charge in [0.15, 0.2) is 0 Å². The Bertz CT molecular complexity index is 683. The van der Waals surface area contributed by atoms with Crippen LogP contribution in [-0.4, -0.2) is 46.8 Å². The van der Waals surface area contributed by atoms with Gasteiger partial charge in [0.1, 0.15) is 0 Å². The van der Waals surface area contributed by atoms with Crippen molar-refractivity contribution in [2.45, 2.75) is 19.8 Å². The van der Waals surface area contributed by atoms with E-state index in [1.807, 2.05) is 30.5 Å². The van der Waals surface area contributed by atoms with Crippen molar-refractivity contribution in [2.75, 3.05) is 26.2 Å². The topological polar surface area (TPSA) is 50.2 Å². The number of halogens is 1. The largest absolute Gasteiger partial charge is 0.351 e. The monoisotopic (exact) mass is 390 g/mol. The molecular weight excluding hydrogens is 368 g/mol. The van der Waals surface area contributed by atoms with E-state index >= 15 is 0 Å². The van der Waals surface area contributed by atoms with Gasteiger partial charge in [-0.3, -0.25) is 4.79 Å². The summed E-state index contributed by atoms with van der Waals surface area (Å²) in [7, 11) is 0. The second kappa shape index (κ2) is 7.94. The van der Waals surface area contributed by atoms with E-state index in [0.29, 0.717) is 12.1 Å². The predicted octanol–water partition coefficient (Wildman–Crippen LogP) is 3.10. The predicted molar refractivity (Wildman–Crippen MR) is 98.4 cm³/mol. The van der Waals surface area contributed by atoms with E-state index in [9.17, 15) is 4.79 Å². The number of amides is 1. The smallest absolute Gasteiger partial charge is 0.251 e. The van der Waals surface area contributed by atoms with E-state index in [1.165, 1.54) is 12.8 Å². The van der Waals surface area contributed by atoms with Crippen LogP contribution in [0.25, 0.3) is 5.69 Å². The molecule has 1 aromatic carbocycles. The average Bonchev–Trinajstić information content (AvgIpc) is 3.01. The van der Waals surface area contributed by atoms with E-state index in [1.54, 1.807) is 10.9 Å². The molecule has 0 bridgehead atoms. The van der Waals surface area contributed by atoms with Gasteiger partial charge in [-0.15, -0.1) is 0 Å². The maximum absolute atomic E-state index is 12.2. The molecule has 1 aliphatic rings. The van der Waals surface area contributed by atoms with E-state index < -0.39 is 0 Å². The molecule has 1 atom stereocenters. The van der Waals surface area contributed by atoms with Crippen molar-refractivity contribution in [1.82, 2.24) is 20.0 Å². The van der Waals surface area contributed by atoms with Gasteiger partial charge in [0.2, 0.25) is 0 Å². The molecular formula is C18H23BrN4O. The number of nitrogens with one attached hydrogen (secondary N) is 1. The zero-order valence-corrected chi connectivity index (χ0v) is 15.5. The van der Waals surface area contributed by atoms with Crippen LogP contribution in [0.4, 0.5) is 0 Å². The molecule has 0 aliphatic carbocycles. The third-order valence-corrected chi connectivity index (χ3v) is 4.81. The number of carbonyl (C=O) groups excluding carboxylic acids is 1. The minimum Gasteiger partial charge on any atom is -0.351 e. The maximum atomic E-state index is 12.2. The Hall–Kier alpha value is -1.66. The Morgan fingerprint density at radius 3 is 2.83 bits per heavy atom. The second-order valence-electron chi connectivity index (χ2n) is 6.45. The van der Waals surface area contributed by atoms with Crippen LogP contribution in [0.1, 0.15) is 30.1 Å². The SMILES string of the molecule is CC1CCCN(CCNC(=O)c2ccc(-n3cc(Br)cn3)cc2)C1. The van der Waals surface area contributed by atoms with Gasteiger partial charge in [0.05, 0.1) is 16.4 Å². The molecule has 1 fully saturated rings. The van der Waals surface area contributed by atoms with Gasteiger partial charge < -0.3 is 10.2 Å². The van der Waals surface area contributed by atoms with Crippen LogP contribution >= 0.6 is 15.9 Å². The Labute approximate surface area is 151 Å². The number of piperidine rings is 1. The highest BCUT2D eigenvalue weighted by molar-refractivity contribution is 9.10. The highest BCUT2D eigenvalue weighted by atomic mass is 79.9. The molecule has 2 aromatic rings. The summed E-state index contributed by atoms with van der Waals surface area (Å²) in [6.07, 6.45) is 6.21. The van der Waals surface area contributed by atoms with Crippen molar-refractivity contribution in [1.29, 1.82) is 0 Å². The lowest BCUT2D eigenvalue weighted by Gasteiger charge is -2.30. The molecule has 24 heavy (non-hydrogen) atoms. The fourth-order valence-electron chi connectivity index (χ4n) is 3.13. The molecule has 2 heterocycles. The fourth-order valence-corrected chi connectivity index (χ4v) is 3.41. The van der Waals surface area contributed by atoms with Gasteiger partial charge in [-0.1, -0.05) is 6.92 Å². The lowest BCUT2D eigenvalue weighted by atomic mass is 10.0. The van der Waals surface area contributed by atoms with E-state index in [2.05, 4.69) is 38.2 Å². The first kappa shape index (κ1) is 17.2. The number of benzene rings is 1. The number of hydrogen-bond acceptors (Lipinski definition) is 3. The quantitative estimate of drug-likeness (QED) is 0.852. The van der Waals surface area contributed by atoms with Crippen molar-refractivity contribution in [3.05, 3.63) is 46.7 Å². The third kappa shape index (κ3) is 4.45.